The molecule has 6 heteroatoms. The zero-order valence-electron chi connectivity index (χ0n) is 12.2. The van der Waals surface area contributed by atoms with Crippen LogP contribution in [0.25, 0.3) is 0 Å². The van der Waals surface area contributed by atoms with Crippen LogP contribution in [0.1, 0.15) is 51.0 Å². The first kappa shape index (κ1) is 15.7. The van der Waals surface area contributed by atoms with Crippen LogP contribution in [0.2, 0.25) is 0 Å². The molecule has 2 heterocycles. The van der Waals surface area contributed by atoms with Crippen molar-refractivity contribution in [3.8, 4) is 0 Å². The van der Waals surface area contributed by atoms with E-state index in [-0.39, 0.29) is 11.5 Å². The average Bonchev–Trinajstić information content (AvgIpc) is 2.42. The van der Waals surface area contributed by atoms with Crippen molar-refractivity contribution in [2.24, 2.45) is 0 Å². The molecule has 2 rings (SSSR count). The van der Waals surface area contributed by atoms with Gasteiger partial charge in [-0.1, -0.05) is 13.8 Å². The van der Waals surface area contributed by atoms with E-state index in [0.717, 1.165) is 5.69 Å². The van der Waals surface area contributed by atoms with Crippen molar-refractivity contribution in [1.29, 1.82) is 0 Å². The van der Waals surface area contributed by atoms with Gasteiger partial charge in [0.05, 0.1) is 5.69 Å². The summed E-state index contributed by atoms with van der Waals surface area (Å²) in [6.45, 7) is 7.82. The van der Waals surface area contributed by atoms with Gasteiger partial charge in [-0.3, -0.25) is 4.79 Å². The number of hydrogen-bond acceptors (Lipinski definition) is 4. The maximum Gasteiger partial charge on any atom is 0.265 e. The molecule has 0 radical (unpaired) electrons. The Morgan fingerprint density at radius 2 is 2.10 bits per heavy atom. The Bertz CT molecular complexity index is 516. The van der Waals surface area contributed by atoms with Crippen LogP contribution in [0, 0.1) is 0 Å². The summed E-state index contributed by atoms with van der Waals surface area (Å²) in [6, 6.07) is 0. The SMILES string of the molecule is CCOC1(c2nc(C(C)C)c(Br)c(=O)[nH]2)CCOCC1. The Hall–Kier alpha value is -0.720. The molecule has 5 nitrogen and oxygen atoms in total. The maximum atomic E-state index is 12.1. The fourth-order valence-electron chi connectivity index (χ4n) is 2.50. The summed E-state index contributed by atoms with van der Waals surface area (Å²) < 4.78 is 11.9. The van der Waals surface area contributed by atoms with Gasteiger partial charge in [-0.15, -0.1) is 0 Å². The Labute approximate surface area is 127 Å². The quantitative estimate of drug-likeness (QED) is 0.911. The van der Waals surface area contributed by atoms with E-state index in [9.17, 15) is 4.79 Å². The van der Waals surface area contributed by atoms with Crippen LogP contribution in [0.5, 0.6) is 0 Å². The van der Waals surface area contributed by atoms with Gasteiger partial charge in [-0.25, -0.2) is 4.98 Å². The van der Waals surface area contributed by atoms with E-state index in [0.29, 0.717) is 43.0 Å². The highest BCUT2D eigenvalue weighted by Gasteiger charge is 2.38. The van der Waals surface area contributed by atoms with E-state index in [1.165, 1.54) is 0 Å². The van der Waals surface area contributed by atoms with Gasteiger partial charge in [0.1, 0.15) is 15.9 Å². The average molecular weight is 345 g/mol. The summed E-state index contributed by atoms with van der Waals surface area (Å²) in [5.41, 5.74) is 0.0924. The van der Waals surface area contributed by atoms with Gasteiger partial charge < -0.3 is 14.5 Å². The van der Waals surface area contributed by atoms with Gasteiger partial charge in [-0.2, -0.15) is 0 Å². The lowest BCUT2D eigenvalue weighted by Gasteiger charge is -2.36. The molecule has 1 aromatic heterocycles. The molecule has 112 valence electrons. The third kappa shape index (κ3) is 2.97. The molecule has 0 saturated carbocycles. The second kappa shape index (κ2) is 6.37. The molecule has 0 spiro atoms. The molecule has 0 aliphatic carbocycles. The molecule has 0 unspecified atom stereocenters. The minimum atomic E-state index is -0.531. The van der Waals surface area contributed by atoms with E-state index in [1.54, 1.807) is 0 Å². The summed E-state index contributed by atoms with van der Waals surface area (Å²) >= 11 is 3.32. The van der Waals surface area contributed by atoms with Gasteiger partial charge >= 0.3 is 0 Å². The zero-order chi connectivity index (χ0) is 14.8. The number of ether oxygens (including phenoxy) is 2. The maximum absolute atomic E-state index is 12.1. The number of nitrogens with zero attached hydrogens (tertiary/aromatic N) is 1. The topological polar surface area (TPSA) is 64.2 Å². The van der Waals surface area contributed by atoms with Crippen LogP contribution in [0.3, 0.4) is 0 Å². The number of H-pyrrole nitrogens is 1. The predicted molar refractivity (Wildman–Crippen MR) is 80.0 cm³/mol. The van der Waals surface area contributed by atoms with Crippen molar-refractivity contribution in [3.05, 3.63) is 26.3 Å². The molecule has 20 heavy (non-hydrogen) atoms. The van der Waals surface area contributed by atoms with E-state index < -0.39 is 5.60 Å². The van der Waals surface area contributed by atoms with E-state index in [2.05, 4.69) is 25.9 Å². The first-order chi connectivity index (χ1) is 9.50. The summed E-state index contributed by atoms with van der Waals surface area (Å²) in [4.78, 5) is 19.7. The van der Waals surface area contributed by atoms with Crippen LogP contribution in [-0.2, 0) is 15.1 Å². The monoisotopic (exact) mass is 344 g/mol. The van der Waals surface area contributed by atoms with E-state index in [4.69, 9.17) is 9.47 Å². The highest BCUT2D eigenvalue weighted by Crippen LogP contribution is 2.34. The third-order valence-corrected chi connectivity index (χ3v) is 4.35. The van der Waals surface area contributed by atoms with Gasteiger partial charge in [0, 0.05) is 32.7 Å². The molecular formula is C14H21BrN2O3. The number of rotatable bonds is 4. The van der Waals surface area contributed by atoms with Crippen molar-refractivity contribution < 1.29 is 9.47 Å². The van der Waals surface area contributed by atoms with Gasteiger partial charge in [0.2, 0.25) is 0 Å². The third-order valence-electron chi connectivity index (χ3n) is 3.59. The standard InChI is InChI=1S/C14H21BrN2O3/c1-4-20-14(5-7-19-8-6-14)13-16-11(9(2)3)10(15)12(18)17-13/h9H,4-8H2,1-3H3,(H,16,17,18). The second-order valence-corrected chi connectivity index (χ2v) is 6.10. The predicted octanol–water partition coefficient (Wildman–Crippen LogP) is 2.70. The van der Waals surface area contributed by atoms with Crippen LogP contribution < -0.4 is 5.56 Å². The second-order valence-electron chi connectivity index (χ2n) is 5.31. The molecule has 0 atom stereocenters. The lowest BCUT2D eigenvalue weighted by Crippen LogP contribution is -2.40. The van der Waals surface area contributed by atoms with Crippen molar-refractivity contribution in [2.75, 3.05) is 19.8 Å². The number of nitrogens with one attached hydrogen (secondary N) is 1. The largest absolute Gasteiger partial charge is 0.381 e. The lowest BCUT2D eigenvalue weighted by molar-refractivity contribution is -0.118. The molecule has 1 saturated heterocycles. The molecule has 1 N–H and O–H groups in total. The Morgan fingerprint density at radius 1 is 1.45 bits per heavy atom. The first-order valence-corrected chi connectivity index (χ1v) is 7.81. The smallest absolute Gasteiger partial charge is 0.265 e. The fraction of sp³-hybridized carbons (Fsp3) is 0.714. The normalized spacial score (nSPS) is 18.4. The van der Waals surface area contributed by atoms with E-state index >= 15 is 0 Å². The molecule has 1 aliphatic rings. The van der Waals surface area contributed by atoms with Crippen molar-refractivity contribution in [3.63, 3.8) is 0 Å². The Kier molecular flexibility index (Phi) is 4.99. The molecule has 0 amide bonds. The molecule has 0 aromatic carbocycles. The molecule has 0 bridgehead atoms. The highest BCUT2D eigenvalue weighted by atomic mass is 79.9. The van der Waals surface area contributed by atoms with Crippen molar-refractivity contribution in [2.45, 2.75) is 45.1 Å². The van der Waals surface area contributed by atoms with E-state index in [1.807, 2.05) is 20.8 Å². The first-order valence-electron chi connectivity index (χ1n) is 7.02. The van der Waals surface area contributed by atoms with Gasteiger partial charge in [-0.05, 0) is 28.8 Å². The van der Waals surface area contributed by atoms with Crippen molar-refractivity contribution in [1.82, 2.24) is 9.97 Å². The number of hydrogen-bond donors (Lipinski definition) is 1. The van der Waals surface area contributed by atoms with Gasteiger partial charge in [0.15, 0.2) is 0 Å². The van der Waals surface area contributed by atoms with Gasteiger partial charge in [0.25, 0.3) is 5.56 Å². The minimum Gasteiger partial charge on any atom is -0.381 e. The molecule has 1 aromatic rings. The lowest BCUT2D eigenvalue weighted by atomic mass is 9.92. The number of aromatic amines is 1. The number of halogens is 1. The minimum absolute atomic E-state index is 0.149. The van der Waals surface area contributed by atoms with Crippen LogP contribution in [-0.4, -0.2) is 29.8 Å². The van der Waals surface area contributed by atoms with Crippen LogP contribution in [0.4, 0.5) is 0 Å². The highest BCUT2D eigenvalue weighted by molar-refractivity contribution is 9.10. The summed E-state index contributed by atoms with van der Waals surface area (Å²) in [6.07, 6.45) is 1.42. The molecule has 1 fully saturated rings. The zero-order valence-corrected chi connectivity index (χ0v) is 13.7. The Morgan fingerprint density at radius 3 is 2.65 bits per heavy atom. The summed E-state index contributed by atoms with van der Waals surface area (Å²) in [7, 11) is 0. The molecule has 1 aliphatic heterocycles. The van der Waals surface area contributed by atoms with Crippen LogP contribution in [0.15, 0.2) is 9.27 Å². The molecular weight excluding hydrogens is 324 g/mol. The summed E-state index contributed by atoms with van der Waals surface area (Å²) in [5.74, 6) is 0.795. The number of aromatic nitrogens is 2. The Balaban J connectivity index is 2.51. The summed E-state index contributed by atoms with van der Waals surface area (Å²) in [5, 5.41) is 0. The fourth-order valence-corrected chi connectivity index (χ4v) is 3.15. The van der Waals surface area contributed by atoms with Crippen LogP contribution >= 0.6 is 15.9 Å². The van der Waals surface area contributed by atoms with Crippen molar-refractivity contribution >= 4 is 15.9 Å².